The zero-order valence-electron chi connectivity index (χ0n) is 11.8. The fourth-order valence-electron chi connectivity index (χ4n) is 1.94. The van der Waals surface area contributed by atoms with E-state index in [-0.39, 0.29) is 11.7 Å². The largest absolute Gasteiger partial charge is 0.508 e. The van der Waals surface area contributed by atoms with Crippen molar-refractivity contribution in [1.82, 2.24) is 0 Å². The number of aromatic hydroxyl groups is 1. The van der Waals surface area contributed by atoms with Crippen molar-refractivity contribution >= 4 is 17.3 Å². The second-order valence-electron chi connectivity index (χ2n) is 4.89. The Morgan fingerprint density at radius 2 is 1.75 bits per heavy atom. The van der Waals surface area contributed by atoms with E-state index in [4.69, 9.17) is 0 Å². The van der Waals surface area contributed by atoms with Crippen molar-refractivity contribution in [3.63, 3.8) is 0 Å². The average molecular weight is 270 g/mol. The number of phenols is 1. The van der Waals surface area contributed by atoms with Gasteiger partial charge in [0.1, 0.15) is 5.75 Å². The minimum absolute atomic E-state index is 0.161. The molecule has 2 aromatic carbocycles. The molecule has 0 unspecified atom stereocenters. The highest BCUT2D eigenvalue weighted by Gasteiger charge is 2.09. The summed E-state index contributed by atoms with van der Waals surface area (Å²) in [6.45, 7) is 1.80. The predicted molar refractivity (Wildman–Crippen MR) is 81.6 cm³/mol. The van der Waals surface area contributed by atoms with E-state index >= 15 is 0 Å². The van der Waals surface area contributed by atoms with Gasteiger partial charge in [0.2, 0.25) is 0 Å². The number of hydrogen-bond donors (Lipinski definition) is 2. The molecule has 0 spiro atoms. The van der Waals surface area contributed by atoms with Crippen LogP contribution in [0, 0.1) is 6.92 Å². The molecule has 0 bridgehead atoms. The second kappa shape index (κ2) is 5.65. The Bertz CT molecular complexity index is 619. The maximum Gasteiger partial charge on any atom is 0.255 e. The molecule has 2 aromatic rings. The Balaban J connectivity index is 2.15. The molecule has 0 fully saturated rings. The molecule has 104 valence electrons. The monoisotopic (exact) mass is 270 g/mol. The number of benzene rings is 2. The molecule has 0 aliphatic rings. The number of carbonyl (C=O) groups is 1. The Morgan fingerprint density at radius 1 is 1.10 bits per heavy atom. The molecule has 4 nitrogen and oxygen atoms in total. The number of amides is 1. The quantitative estimate of drug-likeness (QED) is 0.901. The maximum atomic E-state index is 12.2. The van der Waals surface area contributed by atoms with E-state index in [1.807, 2.05) is 43.3 Å². The van der Waals surface area contributed by atoms with Gasteiger partial charge < -0.3 is 15.3 Å². The summed E-state index contributed by atoms with van der Waals surface area (Å²) < 4.78 is 0. The lowest BCUT2D eigenvalue weighted by atomic mass is 10.1. The van der Waals surface area contributed by atoms with Crippen LogP contribution in [0.4, 0.5) is 11.4 Å². The van der Waals surface area contributed by atoms with Crippen LogP contribution in [-0.4, -0.2) is 25.1 Å². The molecule has 0 heterocycles. The summed E-state index contributed by atoms with van der Waals surface area (Å²) in [6, 6.07) is 12.3. The standard InChI is InChI=1S/C16H18N2O2/c1-11-10-14(19)8-9-15(11)16(20)17-12-4-6-13(7-5-12)18(2)3/h4-10,19H,1-3H3,(H,17,20). The van der Waals surface area contributed by atoms with Crippen molar-refractivity contribution in [3.8, 4) is 5.75 Å². The van der Waals surface area contributed by atoms with Crippen LogP contribution in [0.25, 0.3) is 0 Å². The first-order valence-corrected chi connectivity index (χ1v) is 6.36. The zero-order valence-corrected chi connectivity index (χ0v) is 11.8. The minimum atomic E-state index is -0.180. The summed E-state index contributed by atoms with van der Waals surface area (Å²) in [6.07, 6.45) is 0. The fourth-order valence-corrected chi connectivity index (χ4v) is 1.94. The summed E-state index contributed by atoms with van der Waals surface area (Å²) >= 11 is 0. The SMILES string of the molecule is Cc1cc(O)ccc1C(=O)Nc1ccc(N(C)C)cc1. The van der Waals surface area contributed by atoms with Crippen LogP contribution in [-0.2, 0) is 0 Å². The third kappa shape index (κ3) is 3.09. The summed E-state index contributed by atoms with van der Waals surface area (Å²) in [5.41, 5.74) is 3.11. The van der Waals surface area contributed by atoms with Crippen LogP contribution in [0.2, 0.25) is 0 Å². The van der Waals surface area contributed by atoms with Crippen molar-refractivity contribution in [2.24, 2.45) is 0 Å². The van der Waals surface area contributed by atoms with Gasteiger partial charge in [0.15, 0.2) is 0 Å². The normalized spacial score (nSPS) is 10.2. The predicted octanol–water partition coefficient (Wildman–Crippen LogP) is 3.02. The highest BCUT2D eigenvalue weighted by atomic mass is 16.3. The molecule has 0 aliphatic carbocycles. The lowest BCUT2D eigenvalue weighted by Gasteiger charge is -2.13. The molecule has 4 heteroatoms. The van der Waals surface area contributed by atoms with E-state index in [0.29, 0.717) is 5.56 Å². The highest BCUT2D eigenvalue weighted by molar-refractivity contribution is 6.05. The minimum Gasteiger partial charge on any atom is -0.508 e. The molecule has 0 saturated carbocycles. The number of aryl methyl sites for hydroxylation is 1. The molecule has 0 aromatic heterocycles. The summed E-state index contributed by atoms with van der Waals surface area (Å²) in [4.78, 5) is 14.2. The van der Waals surface area contributed by atoms with Gasteiger partial charge in [-0.15, -0.1) is 0 Å². The Kier molecular flexibility index (Phi) is 3.94. The van der Waals surface area contributed by atoms with Crippen LogP contribution < -0.4 is 10.2 Å². The zero-order chi connectivity index (χ0) is 14.7. The number of carbonyl (C=O) groups excluding carboxylic acids is 1. The van der Waals surface area contributed by atoms with Crippen molar-refractivity contribution in [3.05, 3.63) is 53.6 Å². The topological polar surface area (TPSA) is 52.6 Å². The van der Waals surface area contributed by atoms with Crippen molar-refractivity contribution in [2.75, 3.05) is 24.3 Å². The first-order chi connectivity index (χ1) is 9.47. The fraction of sp³-hybridized carbons (Fsp3) is 0.188. The van der Waals surface area contributed by atoms with Gasteiger partial charge in [-0.2, -0.15) is 0 Å². The third-order valence-corrected chi connectivity index (χ3v) is 3.10. The lowest BCUT2D eigenvalue weighted by molar-refractivity contribution is 0.102. The molecule has 0 radical (unpaired) electrons. The van der Waals surface area contributed by atoms with Crippen LogP contribution in [0.3, 0.4) is 0 Å². The number of anilines is 2. The van der Waals surface area contributed by atoms with E-state index in [1.54, 1.807) is 19.1 Å². The highest BCUT2D eigenvalue weighted by Crippen LogP contribution is 2.19. The van der Waals surface area contributed by atoms with Crippen LogP contribution in [0.5, 0.6) is 5.75 Å². The van der Waals surface area contributed by atoms with Gasteiger partial charge >= 0.3 is 0 Å². The molecule has 0 saturated heterocycles. The molecule has 0 aliphatic heterocycles. The Morgan fingerprint density at radius 3 is 2.30 bits per heavy atom. The van der Waals surface area contributed by atoms with E-state index in [9.17, 15) is 9.90 Å². The van der Waals surface area contributed by atoms with Crippen molar-refractivity contribution < 1.29 is 9.90 Å². The summed E-state index contributed by atoms with van der Waals surface area (Å²) in [5, 5.41) is 12.2. The smallest absolute Gasteiger partial charge is 0.255 e. The number of rotatable bonds is 3. The molecular weight excluding hydrogens is 252 g/mol. The second-order valence-corrected chi connectivity index (χ2v) is 4.89. The van der Waals surface area contributed by atoms with E-state index in [2.05, 4.69) is 5.32 Å². The summed E-state index contributed by atoms with van der Waals surface area (Å²) in [5.74, 6) is -0.0190. The number of nitrogens with one attached hydrogen (secondary N) is 1. The lowest BCUT2D eigenvalue weighted by Crippen LogP contribution is -2.13. The molecule has 20 heavy (non-hydrogen) atoms. The van der Waals surface area contributed by atoms with Gasteiger partial charge in [0.05, 0.1) is 0 Å². The van der Waals surface area contributed by atoms with Gasteiger partial charge in [-0.25, -0.2) is 0 Å². The number of nitrogens with zero attached hydrogens (tertiary/aromatic N) is 1. The molecular formula is C16H18N2O2. The number of hydrogen-bond acceptors (Lipinski definition) is 3. The van der Waals surface area contributed by atoms with E-state index in [0.717, 1.165) is 16.9 Å². The average Bonchev–Trinajstić information content (AvgIpc) is 2.39. The van der Waals surface area contributed by atoms with E-state index < -0.39 is 0 Å². The molecule has 2 rings (SSSR count). The third-order valence-electron chi connectivity index (χ3n) is 3.10. The van der Waals surface area contributed by atoms with Crippen LogP contribution in [0.15, 0.2) is 42.5 Å². The van der Waals surface area contributed by atoms with Gasteiger partial charge in [-0.1, -0.05) is 0 Å². The molecule has 1 amide bonds. The van der Waals surface area contributed by atoms with Gasteiger partial charge in [0, 0.05) is 31.0 Å². The first-order valence-electron chi connectivity index (χ1n) is 6.36. The van der Waals surface area contributed by atoms with Crippen LogP contribution in [0.1, 0.15) is 15.9 Å². The Labute approximate surface area is 118 Å². The molecule has 2 N–H and O–H groups in total. The Hall–Kier alpha value is -2.49. The van der Waals surface area contributed by atoms with Gasteiger partial charge in [-0.05, 0) is 55.0 Å². The van der Waals surface area contributed by atoms with Crippen molar-refractivity contribution in [2.45, 2.75) is 6.92 Å². The maximum absolute atomic E-state index is 12.2. The van der Waals surface area contributed by atoms with Gasteiger partial charge in [-0.3, -0.25) is 4.79 Å². The van der Waals surface area contributed by atoms with E-state index in [1.165, 1.54) is 6.07 Å². The van der Waals surface area contributed by atoms with Crippen molar-refractivity contribution in [1.29, 1.82) is 0 Å². The first kappa shape index (κ1) is 13.9. The summed E-state index contributed by atoms with van der Waals surface area (Å²) in [7, 11) is 3.93. The van der Waals surface area contributed by atoms with Crippen LogP contribution >= 0.6 is 0 Å². The molecule has 0 atom stereocenters. The number of phenolic OH excluding ortho intramolecular Hbond substituents is 1. The van der Waals surface area contributed by atoms with Gasteiger partial charge in [0.25, 0.3) is 5.91 Å².